The first-order valence-electron chi connectivity index (χ1n) is 15.0. The summed E-state index contributed by atoms with van der Waals surface area (Å²) in [5, 5.41) is 2.25. The van der Waals surface area contributed by atoms with Crippen LogP contribution in [0.3, 0.4) is 0 Å². The fraction of sp³-hybridized carbons (Fsp3) is 0.531. The van der Waals surface area contributed by atoms with E-state index in [1.165, 1.54) is 22.2 Å². The Hall–Kier alpha value is -2.33. The Balaban J connectivity index is 1.39. The van der Waals surface area contributed by atoms with Crippen LogP contribution in [0.5, 0.6) is 0 Å². The second-order valence-corrected chi connectivity index (χ2v) is 14.6. The van der Waals surface area contributed by atoms with E-state index in [2.05, 4.69) is 31.7 Å². The number of carbonyl (C=O) groups is 2. The Morgan fingerprint density at radius 1 is 1.12 bits per heavy atom. The molecule has 5 aliphatic rings. The molecule has 43 heavy (non-hydrogen) atoms. The summed E-state index contributed by atoms with van der Waals surface area (Å²) in [5.74, 6) is -0.375. The summed E-state index contributed by atoms with van der Waals surface area (Å²) in [4.78, 5) is 39.5. The van der Waals surface area contributed by atoms with Gasteiger partial charge in [0.15, 0.2) is 5.17 Å². The molecule has 6 rings (SSSR count). The summed E-state index contributed by atoms with van der Waals surface area (Å²) in [6.45, 7) is 8.46. The molecule has 0 spiro atoms. The largest absolute Gasteiger partial charge is 0.336 e. The van der Waals surface area contributed by atoms with Crippen LogP contribution in [0.25, 0.3) is 0 Å². The molecule has 7 nitrogen and oxygen atoms in total. The predicted octanol–water partition coefficient (Wildman–Crippen LogP) is 5.94. The van der Waals surface area contributed by atoms with Gasteiger partial charge in [0.25, 0.3) is 5.91 Å². The zero-order valence-electron chi connectivity index (χ0n) is 24.9. The van der Waals surface area contributed by atoms with Gasteiger partial charge in [-0.1, -0.05) is 55.3 Å². The van der Waals surface area contributed by atoms with E-state index < -0.39 is 23.8 Å². The molecule has 230 valence electrons. The van der Waals surface area contributed by atoms with Gasteiger partial charge in [0, 0.05) is 28.3 Å². The van der Waals surface area contributed by atoms with E-state index in [0.717, 1.165) is 34.3 Å². The van der Waals surface area contributed by atoms with Gasteiger partial charge in [-0.2, -0.15) is 0 Å². The molecule has 0 bridgehead atoms. The van der Waals surface area contributed by atoms with Gasteiger partial charge in [0.1, 0.15) is 22.7 Å². The average molecular weight is 647 g/mol. The van der Waals surface area contributed by atoms with Crippen LogP contribution in [0.4, 0.5) is 4.39 Å². The molecule has 4 heterocycles. The highest BCUT2D eigenvalue weighted by Gasteiger charge is 2.55. The van der Waals surface area contributed by atoms with Crippen molar-refractivity contribution in [3.8, 4) is 0 Å². The SMILES string of the molecule is CC(C)C1=C(C(=O)N2C(C(=O)N3CC(N)C(F)C3)CC[C@H]2C)SC2=NC(C)(c3ccc(Cl)cc3)[C@@H](C3=CC=C(Cl)CC3)N21. The Kier molecular flexibility index (Phi) is 8.24. The number of likely N-dealkylation sites (tertiary alicyclic amines) is 2. The smallest absolute Gasteiger partial charge is 0.263 e. The van der Waals surface area contributed by atoms with Crippen molar-refractivity contribution in [2.24, 2.45) is 16.6 Å². The monoisotopic (exact) mass is 645 g/mol. The third-order valence-corrected chi connectivity index (χ3v) is 11.1. The zero-order valence-corrected chi connectivity index (χ0v) is 27.2. The minimum atomic E-state index is -1.25. The number of benzene rings is 1. The number of alkyl halides is 1. The molecule has 2 fully saturated rings. The number of halogens is 3. The van der Waals surface area contributed by atoms with Crippen LogP contribution in [-0.2, 0) is 15.1 Å². The number of allylic oxidation sites excluding steroid dienone is 4. The molecule has 4 aliphatic heterocycles. The second kappa shape index (κ2) is 11.5. The van der Waals surface area contributed by atoms with Gasteiger partial charge in [-0.15, -0.1) is 0 Å². The summed E-state index contributed by atoms with van der Waals surface area (Å²) in [7, 11) is 0. The van der Waals surface area contributed by atoms with Crippen molar-refractivity contribution in [2.75, 3.05) is 13.1 Å². The van der Waals surface area contributed by atoms with E-state index in [-0.39, 0.29) is 42.9 Å². The van der Waals surface area contributed by atoms with Gasteiger partial charge >= 0.3 is 0 Å². The Morgan fingerprint density at radius 3 is 2.44 bits per heavy atom. The van der Waals surface area contributed by atoms with Gasteiger partial charge in [-0.05, 0) is 86.6 Å². The third kappa shape index (κ3) is 5.24. The maximum Gasteiger partial charge on any atom is 0.263 e. The van der Waals surface area contributed by atoms with Crippen LogP contribution in [0.1, 0.15) is 58.9 Å². The molecule has 1 aromatic carbocycles. The lowest BCUT2D eigenvalue weighted by Crippen LogP contribution is -2.50. The molecule has 0 saturated carbocycles. The molecule has 1 aliphatic carbocycles. The Morgan fingerprint density at radius 2 is 1.84 bits per heavy atom. The van der Waals surface area contributed by atoms with Crippen LogP contribution in [-0.4, -0.2) is 75.1 Å². The second-order valence-electron chi connectivity index (χ2n) is 12.7. The zero-order chi connectivity index (χ0) is 30.8. The van der Waals surface area contributed by atoms with Crippen molar-refractivity contribution in [3.63, 3.8) is 0 Å². The van der Waals surface area contributed by atoms with Crippen molar-refractivity contribution < 1.29 is 14.0 Å². The van der Waals surface area contributed by atoms with Crippen LogP contribution >= 0.6 is 35.0 Å². The highest BCUT2D eigenvalue weighted by molar-refractivity contribution is 8.18. The highest BCUT2D eigenvalue weighted by atomic mass is 35.5. The first-order valence-corrected chi connectivity index (χ1v) is 16.6. The minimum Gasteiger partial charge on any atom is -0.336 e. The van der Waals surface area contributed by atoms with Crippen LogP contribution in [0, 0.1) is 5.92 Å². The van der Waals surface area contributed by atoms with Crippen LogP contribution < -0.4 is 5.73 Å². The molecule has 2 amide bonds. The maximum atomic E-state index is 14.5. The van der Waals surface area contributed by atoms with E-state index >= 15 is 0 Å². The summed E-state index contributed by atoms with van der Waals surface area (Å²) in [5.41, 5.74) is 8.41. The van der Waals surface area contributed by atoms with Gasteiger partial charge in [-0.3, -0.25) is 9.59 Å². The lowest BCUT2D eigenvalue weighted by molar-refractivity contribution is -0.142. The molecular weight excluding hydrogens is 608 g/mol. The quantitative estimate of drug-likeness (QED) is 0.429. The number of amides is 2. The fourth-order valence-corrected chi connectivity index (χ4v) is 8.83. The van der Waals surface area contributed by atoms with Gasteiger partial charge < -0.3 is 20.4 Å². The number of rotatable bonds is 5. The molecule has 0 aromatic heterocycles. The van der Waals surface area contributed by atoms with E-state index in [1.807, 2.05) is 37.3 Å². The van der Waals surface area contributed by atoms with E-state index in [4.69, 9.17) is 33.9 Å². The Bertz CT molecular complexity index is 1450. The molecule has 6 atom stereocenters. The average Bonchev–Trinajstić information content (AvgIpc) is 3.70. The van der Waals surface area contributed by atoms with Crippen molar-refractivity contribution in [1.29, 1.82) is 0 Å². The number of amidine groups is 1. The number of nitrogens with two attached hydrogens (primary N) is 1. The lowest BCUT2D eigenvalue weighted by Gasteiger charge is -2.39. The molecule has 2 N–H and O–H groups in total. The molecule has 2 saturated heterocycles. The third-order valence-electron chi connectivity index (χ3n) is 9.45. The van der Waals surface area contributed by atoms with Crippen molar-refractivity contribution in [3.05, 3.63) is 68.2 Å². The first kappa shape index (κ1) is 30.7. The van der Waals surface area contributed by atoms with Gasteiger partial charge in [-0.25, -0.2) is 9.38 Å². The first-order chi connectivity index (χ1) is 20.4. The number of thioether (sulfide) groups is 1. The van der Waals surface area contributed by atoms with Crippen molar-refractivity contribution in [2.45, 2.75) is 89.3 Å². The number of hydrogen-bond acceptors (Lipinski definition) is 6. The highest BCUT2D eigenvalue weighted by Crippen LogP contribution is 2.53. The summed E-state index contributed by atoms with van der Waals surface area (Å²) in [6.07, 6.45) is 5.60. The van der Waals surface area contributed by atoms with Crippen LogP contribution in [0.2, 0.25) is 5.02 Å². The summed E-state index contributed by atoms with van der Waals surface area (Å²) >= 11 is 14.0. The van der Waals surface area contributed by atoms with E-state index in [1.54, 1.807) is 4.90 Å². The minimum absolute atomic E-state index is 0.00785. The number of carbonyl (C=O) groups excluding carboxylic acids is 2. The fourth-order valence-electron chi connectivity index (χ4n) is 7.19. The molecule has 11 heteroatoms. The summed E-state index contributed by atoms with van der Waals surface area (Å²) in [6, 6.07) is 6.21. The van der Waals surface area contributed by atoms with Crippen molar-refractivity contribution in [1.82, 2.24) is 14.7 Å². The maximum absolute atomic E-state index is 14.5. The topological polar surface area (TPSA) is 82.2 Å². The number of nitrogens with zero attached hydrogens (tertiary/aromatic N) is 4. The number of fused-ring (bicyclic) bond motifs is 1. The predicted molar refractivity (Wildman–Crippen MR) is 171 cm³/mol. The summed E-state index contributed by atoms with van der Waals surface area (Å²) < 4.78 is 14.2. The van der Waals surface area contributed by atoms with E-state index in [9.17, 15) is 14.0 Å². The van der Waals surface area contributed by atoms with E-state index in [0.29, 0.717) is 22.8 Å². The number of aliphatic imine (C=N–C) groups is 1. The normalized spacial score (nSPS) is 32.4. The van der Waals surface area contributed by atoms with Gasteiger partial charge in [0.05, 0.1) is 18.6 Å². The molecular formula is C32H38Cl2FN5O2S. The molecule has 0 radical (unpaired) electrons. The standard InChI is InChI=1S/C32H38Cl2FN5O2S/c1-17(2)26-27(30(42)39-18(3)5-14-25(39)29(41)38-15-23(35)24(36)16-38)43-31-37-32(4,20-8-12-22(34)13-9-20)28(40(26)31)19-6-10-21(33)11-7-19/h6,8-10,12-13,17-18,23-25,28H,5,7,11,14-16,36H2,1-4H3/t18-,23?,24?,25?,28-,32?/m1/s1. The van der Waals surface area contributed by atoms with Gasteiger partial charge in [0.2, 0.25) is 5.91 Å². The lowest BCUT2D eigenvalue weighted by atomic mass is 9.78. The molecule has 1 aromatic rings. The molecule has 4 unspecified atom stereocenters. The Labute approximate surface area is 267 Å². The van der Waals surface area contributed by atoms with Crippen LogP contribution in [0.15, 0.2) is 62.6 Å². The van der Waals surface area contributed by atoms with Crippen molar-refractivity contribution >= 4 is 51.9 Å². The number of hydrogen-bond donors (Lipinski definition) is 1.